The monoisotopic (exact) mass is 255 g/mol. The number of aliphatic hydroxyl groups excluding tert-OH is 1. The summed E-state index contributed by atoms with van der Waals surface area (Å²) in [7, 11) is 0. The molecule has 1 unspecified atom stereocenters. The molecule has 18 heavy (non-hydrogen) atoms. The maximum atomic E-state index is 13.1. The van der Waals surface area contributed by atoms with E-state index in [9.17, 15) is 9.50 Å². The maximum absolute atomic E-state index is 13.1. The Morgan fingerprint density at radius 1 is 1.44 bits per heavy atom. The van der Waals surface area contributed by atoms with Gasteiger partial charge in [-0.2, -0.15) is 0 Å². The molecule has 0 bridgehead atoms. The van der Waals surface area contributed by atoms with Crippen molar-refractivity contribution in [3.05, 3.63) is 35.1 Å². The van der Waals surface area contributed by atoms with Gasteiger partial charge in [0.1, 0.15) is 5.82 Å². The van der Waals surface area contributed by atoms with E-state index in [2.05, 4.69) is 5.32 Å². The lowest BCUT2D eigenvalue weighted by molar-refractivity contribution is 0.141. The minimum Gasteiger partial charge on any atom is -0.387 e. The third-order valence-electron chi connectivity index (χ3n) is 2.75. The van der Waals surface area contributed by atoms with Crippen molar-refractivity contribution in [1.29, 1.82) is 0 Å². The number of benzene rings is 1. The number of hydrogen-bond donors (Lipinski definition) is 2. The van der Waals surface area contributed by atoms with Crippen molar-refractivity contribution in [1.82, 2.24) is 5.32 Å². The van der Waals surface area contributed by atoms with Gasteiger partial charge in [0.2, 0.25) is 0 Å². The first kappa shape index (κ1) is 15.1. The summed E-state index contributed by atoms with van der Waals surface area (Å²) in [5, 5.41) is 13.1. The van der Waals surface area contributed by atoms with E-state index in [1.54, 1.807) is 19.1 Å². The average molecular weight is 255 g/mol. The summed E-state index contributed by atoms with van der Waals surface area (Å²) in [4.78, 5) is 0. The number of nitrogens with one attached hydrogen (secondary N) is 1. The minimum atomic E-state index is -0.601. The number of aryl methyl sites for hydroxylation is 1. The van der Waals surface area contributed by atoms with Gasteiger partial charge in [-0.1, -0.05) is 12.1 Å². The lowest BCUT2D eigenvalue weighted by Crippen LogP contribution is -2.23. The fourth-order valence-electron chi connectivity index (χ4n) is 1.68. The van der Waals surface area contributed by atoms with Crippen molar-refractivity contribution in [3.63, 3.8) is 0 Å². The van der Waals surface area contributed by atoms with Crippen LogP contribution in [0.4, 0.5) is 4.39 Å². The molecule has 0 saturated heterocycles. The van der Waals surface area contributed by atoms with Crippen molar-refractivity contribution in [3.8, 4) is 0 Å². The SMILES string of the molecule is CCOCCCNCC(O)c1ccc(F)c(C)c1. The first-order valence-electron chi connectivity index (χ1n) is 6.37. The van der Waals surface area contributed by atoms with Crippen LogP contribution < -0.4 is 5.32 Å². The number of hydrogen-bond acceptors (Lipinski definition) is 3. The normalized spacial score (nSPS) is 12.7. The number of halogens is 1. The Balaban J connectivity index is 2.27. The van der Waals surface area contributed by atoms with Gasteiger partial charge >= 0.3 is 0 Å². The molecule has 0 aromatic heterocycles. The Morgan fingerprint density at radius 3 is 2.89 bits per heavy atom. The fourth-order valence-corrected chi connectivity index (χ4v) is 1.68. The molecule has 4 heteroatoms. The van der Waals surface area contributed by atoms with E-state index < -0.39 is 6.10 Å². The van der Waals surface area contributed by atoms with Crippen molar-refractivity contribution in [2.24, 2.45) is 0 Å². The van der Waals surface area contributed by atoms with E-state index in [-0.39, 0.29) is 5.82 Å². The van der Waals surface area contributed by atoms with Gasteiger partial charge in [-0.15, -0.1) is 0 Å². The molecule has 3 nitrogen and oxygen atoms in total. The van der Waals surface area contributed by atoms with Gasteiger partial charge in [0, 0.05) is 19.8 Å². The molecular formula is C14H22FNO2. The van der Waals surface area contributed by atoms with Crippen LogP contribution in [0.2, 0.25) is 0 Å². The highest BCUT2D eigenvalue weighted by molar-refractivity contribution is 5.25. The van der Waals surface area contributed by atoms with Crippen LogP contribution in [0.25, 0.3) is 0 Å². The van der Waals surface area contributed by atoms with Crippen LogP contribution in [0.15, 0.2) is 18.2 Å². The molecule has 0 aliphatic heterocycles. The summed E-state index contributed by atoms with van der Waals surface area (Å²) in [5.41, 5.74) is 1.30. The first-order valence-corrected chi connectivity index (χ1v) is 6.37. The van der Waals surface area contributed by atoms with Gasteiger partial charge in [0.15, 0.2) is 0 Å². The molecule has 0 amide bonds. The summed E-state index contributed by atoms with van der Waals surface area (Å²) >= 11 is 0. The molecule has 1 aromatic rings. The highest BCUT2D eigenvalue weighted by Crippen LogP contribution is 2.15. The third kappa shape index (κ3) is 5.12. The lowest BCUT2D eigenvalue weighted by Gasteiger charge is -2.13. The van der Waals surface area contributed by atoms with E-state index in [4.69, 9.17) is 4.74 Å². The zero-order valence-corrected chi connectivity index (χ0v) is 11.1. The largest absolute Gasteiger partial charge is 0.387 e. The molecule has 0 aliphatic carbocycles. The Labute approximate surface area is 108 Å². The molecule has 0 spiro atoms. The van der Waals surface area contributed by atoms with E-state index in [0.717, 1.165) is 31.7 Å². The molecule has 0 fully saturated rings. The van der Waals surface area contributed by atoms with Crippen LogP contribution >= 0.6 is 0 Å². The Kier molecular flexibility index (Phi) is 6.86. The average Bonchev–Trinajstić information content (AvgIpc) is 2.36. The molecule has 1 atom stereocenters. The van der Waals surface area contributed by atoms with Crippen LogP contribution in [-0.2, 0) is 4.74 Å². The van der Waals surface area contributed by atoms with Crippen LogP contribution in [0, 0.1) is 12.7 Å². The van der Waals surface area contributed by atoms with E-state index in [0.29, 0.717) is 12.1 Å². The highest BCUT2D eigenvalue weighted by atomic mass is 19.1. The highest BCUT2D eigenvalue weighted by Gasteiger charge is 2.08. The van der Waals surface area contributed by atoms with E-state index >= 15 is 0 Å². The second-order valence-electron chi connectivity index (χ2n) is 4.28. The number of ether oxygens (including phenoxy) is 1. The molecule has 2 N–H and O–H groups in total. The first-order chi connectivity index (χ1) is 8.65. The van der Waals surface area contributed by atoms with Gasteiger partial charge < -0.3 is 15.2 Å². The maximum Gasteiger partial charge on any atom is 0.126 e. The van der Waals surface area contributed by atoms with Crippen LogP contribution in [0.1, 0.15) is 30.6 Å². The minimum absolute atomic E-state index is 0.240. The molecule has 1 rings (SSSR count). The van der Waals surface area contributed by atoms with Crippen LogP contribution in [-0.4, -0.2) is 31.4 Å². The summed E-state index contributed by atoms with van der Waals surface area (Å²) in [5.74, 6) is -0.240. The molecule has 0 saturated carbocycles. The Bertz CT molecular complexity index is 358. The standard InChI is InChI=1S/C14H22FNO2/c1-3-18-8-4-7-16-10-14(17)12-5-6-13(15)11(2)9-12/h5-6,9,14,16-17H,3-4,7-8,10H2,1-2H3. The zero-order valence-electron chi connectivity index (χ0n) is 11.1. The quantitative estimate of drug-likeness (QED) is 0.700. The smallest absolute Gasteiger partial charge is 0.126 e. The lowest BCUT2D eigenvalue weighted by atomic mass is 10.1. The fraction of sp³-hybridized carbons (Fsp3) is 0.571. The molecule has 0 radical (unpaired) electrons. The van der Waals surface area contributed by atoms with Crippen molar-refractivity contribution in [2.75, 3.05) is 26.3 Å². The van der Waals surface area contributed by atoms with Gasteiger partial charge in [0.05, 0.1) is 6.10 Å². The van der Waals surface area contributed by atoms with Crippen LogP contribution in [0.3, 0.4) is 0 Å². The van der Waals surface area contributed by atoms with E-state index in [1.165, 1.54) is 6.07 Å². The van der Waals surface area contributed by atoms with Gasteiger partial charge in [0.25, 0.3) is 0 Å². The second-order valence-corrected chi connectivity index (χ2v) is 4.28. The van der Waals surface area contributed by atoms with Crippen molar-refractivity contribution >= 4 is 0 Å². The van der Waals surface area contributed by atoms with Gasteiger partial charge in [-0.25, -0.2) is 4.39 Å². The molecular weight excluding hydrogens is 233 g/mol. The number of aliphatic hydroxyl groups is 1. The molecule has 0 heterocycles. The van der Waals surface area contributed by atoms with Crippen molar-refractivity contribution < 1.29 is 14.2 Å². The number of rotatable bonds is 8. The second kappa shape index (κ2) is 8.19. The summed E-state index contributed by atoms with van der Waals surface area (Å²) < 4.78 is 18.3. The molecule has 0 aliphatic rings. The van der Waals surface area contributed by atoms with E-state index in [1.807, 2.05) is 6.92 Å². The molecule has 102 valence electrons. The van der Waals surface area contributed by atoms with Gasteiger partial charge in [-0.05, 0) is 44.0 Å². The Morgan fingerprint density at radius 2 is 2.22 bits per heavy atom. The topological polar surface area (TPSA) is 41.5 Å². The summed E-state index contributed by atoms with van der Waals surface area (Å²) in [6.45, 7) is 6.40. The van der Waals surface area contributed by atoms with Gasteiger partial charge in [-0.3, -0.25) is 0 Å². The van der Waals surface area contributed by atoms with Crippen molar-refractivity contribution in [2.45, 2.75) is 26.4 Å². The summed E-state index contributed by atoms with van der Waals surface area (Å²) in [6, 6.07) is 4.69. The zero-order chi connectivity index (χ0) is 13.4. The molecule has 1 aromatic carbocycles. The van der Waals surface area contributed by atoms with Crippen LogP contribution in [0.5, 0.6) is 0 Å². The summed E-state index contributed by atoms with van der Waals surface area (Å²) in [6.07, 6.45) is 0.319. The Hall–Kier alpha value is -0.970. The predicted octanol–water partition coefficient (Wildman–Crippen LogP) is 2.18. The third-order valence-corrected chi connectivity index (χ3v) is 2.75. The predicted molar refractivity (Wildman–Crippen MR) is 70.1 cm³/mol.